The third kappa shape index (κ3) is 1.73. The molecule has 0 fully saturated rings. The van der Waals surface area contributed by atoms with Crippen LogP contribution >= 0.6 is 0 Å². The Balaban J connectivity index is 2.56. The highest BCUT2D eigenvalue weighted by atomic mass is 15.2. The minimum absolute atomic E-state index is 0.245. The van der Waals surface area contributed by atoms with Crippen LogP contribution in [0.5, 0.6) is 0 Å². The molecule has 0 saturated carbocycles. The van der Waals surface area contributed by atoms with Crippen LogP contribution in [-0.2, 0) is 0 Å². The second-order valence-electron chi connectivity index (χ2n) is 4.68. The Bertz CT molecular complexity index is 938. The number of benzene rings is 1. The molecule has 0 aliphatic rings. The molecule has 1 aromatic carbocycles. The zero-order valence-electron chi connectivity index (χ0n) is 11.3. The van der Waals surface area contributed by atoms with E-state index in [1.54, 1.807) is 12.3 Å². The Kier molecular flexibility index (Phi) is 2.82. The number of anilines is 1. The molecule has 0 aliphatic carbocycles. The maximum Gasteiger partial charge on any atom is 0.144 e. The van der Waals surface area contributed by atoms with Gasteiger partial charge >= 0.3 is 0 Å². The third-order valence-electron chi connectivity index (χ3n) is 3.52. The lowest BCUT2D eigenvalue weighted by Gasteiger charge is -2.13. The van der Waals surface area contributed by atoms with Gasteiger partial charge in [-0.25, -0.2) is 4.52 Å². The molecular formula is C16H11N5. The fourth-order valence-electron chi connectivity index (χ4n) is 2.52. The van der Waals surface area contributed by atoms with Crippen molar-refractivity contribution in [1.82, 2.24) is 9.61 Å². The van der Waals surface area contributed by atoms with Gasteiger partial charge in [0, 0.05) is 5.56 Å². The Labute approximate surface area is 121 Å². The number of rotatable bonds is 1. The molecule has 0 aliphatic heterocycles. The van der Waals surface area contributed by atoms with Crippen LogP contribution in [0, 0.1) is 29.6 Å². The second-order valence-corrected chi connectivity index (χ2v) is 4.68. The summed E-state index contributed by atoms with van der Waals surface area (Å²) in [5.41, 5.74) is 9.73. The van der Waals surface area contributed by atoms with Crippen molar-refractivity contribution in [1.29, 1.82) is 10.5 Å². The SMILES string of the molecule is Cc1ccccc1-c1c(C#N)c(N)n2nccc2c1C#N. The third-order valence-corrected chi connectivity index (χ3v) is 3.52. The number of nitrogens with two attached hydrogens (primary N) is 1. The van der Waals surface area contributed by atoms with Crippen molar-refractivity contribution in [2.75, 3.05) is 5.73 Å². The molecule has 3 aromatic rings. The standard InChI is InChI=1S/C16H11N5/c1-10-4-2-3-5-11(10)15-12(8-17)14-6-7-20-21(14)16(19)13(15)9-18/h2-7H,19H2,1H3. The minimum Gasteiger partial charge on any atom is -0.383 e. The highest BCUT2D eigenvalue weighted by Crippen LogP contribution is 2.35. The minimum atomic E-state index is 0.245. The molecule has 2 N–H and O–H groups in total. The van der Waals surface area contributed by atoms with E-state index in [9.17, 15) is 10.5 Å². The fourth-order valence-corrected chi connectivity index (χ4v) is 2.52. The van der Waals surface area contributed by atoms with Gasteiger partial charge in [-0.05, 0) is 24.1 Å². The van der Waals surface area contributed by atoms with Gasteiger partial charge in [0.2, 0.25) is 0 Å². The summed E-state index contributed by atoms with van der Waals surface area (Å²) in [6, 6.07) is 13.6. The Morgan fingerprint density at radius 2 is 1.81 bits per heavy atom. The first-order chi connectivity index (χ1) is 10.2. The summed E-state index contributed by atoms with van der Waals surface area (Å²) >= 11 is 0. The van der Waals surface area contributed by atoms with Crippen molar-refractivity contribution in [3.05, 3.63) is 53.2 Å². The fraction of sp³-hybridized carbons (Fsp3) is 0.0625. The van der Waals surface area contributed by atoms with E-state index in [-0.39, 0.29) is 11.4 Å². The van der Waals surface area contributed by atoms with E-state index >= 15 is 0 Å². The van der Waals surface area contributed by atoms with E-state index < -0.39 is 0 Å². The maximum atomic E-state index is 9.56. The Morgan fingerprint density at radius 3 is 2.48 bits per heavy atom. The van der Waals surface area contributed by atoms with Crippen molar-refractivity contribution in [3.8, 4) is 23.3 Å². The first-order valence-corrected chi connectivity index (χ1v) is 6.34. The summed E-state index contributed by atoms with van der Waals surface area (Å²) < 4.78 is 1.43. The summed E-state index contributed by atoms with van der Waals surface area (Å²) in [5.74, 6) is 0.245. The highest BCUT2D eigenvalue weighted by Gasteiger charge is 2.20. The Hall–Kier alpha value is -3.31. The van der Waals surface area contributed by atoms with Crippen molar-refractivity contribution in [2.24, 2.45) is 0 Å². The summed E-state index contributed by atoms with van der Waals surface area (Å²) in [5, 5.41) is 23.1. The van der Waals surface area contributed by atoms with E-state index in [0.29, 0.717) is 16.6 Å². The normalized spacial score (nSPS) is 10.2. The van der Waals surface area contributed by atoms with E-state index in [4.69, 9.17) is 5.73 Å². The van der Waals surface area contributed by atoms with Gasteiger partial charge in [0.1, 0.15) is 23.5 Å². The number of nitriles is 2. The average molecular weight is 273 g/mol. The lowest BCUT2D eigenvalue weighted by atomic mass is 9.92. The molecule has 0 spiro atoms. The first-order valence-electron chi connectivity index (χ1n) is 6.34. The van der Waals surface area contributed by atoms with Gasteiger partial charge in [0.15, 0.2) is 0 Å². The lowest BCUT2D eigenvalue weighted by Crippen LogP contribution is -2.06. The quantitative estimate of drug-likeness (QED) is 0.737. The van der Waals surface area contributed by atoms with Gasteiger partial charge in [-0.3, -0.25) is 0 Å². The molecule has 21 heavy (non-hydrogen) atoms. The Morgan fingerprint density at radius 1 is 1.10 bits per heavy atom. The van der Waals surface area contributed by atoms with E-state index in [2.05, 4.69) is 17.2 Å². The van der Waals surface area contributed by atoms with Crippen molar-refractivity contribution in [2.45, 2.75) is 6.92 Å². The number of hydrogen-bond acceptors (Lipinski definition) is 4. The largest absolute Gasteiger partial charge is 0.383 e. The number of fused-ring (bicyclic) bond motifs is 1. The second kappa shape index (κ2) is 4.66. The summed E-state index contributed by atoms with van der Waals surface area (Å²) in [6.45, 7) is 1.94. The molecule has 0 amide bonds. The molecule has 0 saturated heterocycles. The van der Waals surface area contributed by atoms with Crippen LogP contribution in [0.1, 0.15) is 16.7 Å². The predicted octanol–water partition coefficient (Wildman–Crippen LogP) is 2.64. The topological polar surface area (TPSA) is 90.9 Å². The molecule has 2 aromatic heterocycles. The lowest BCUT2D eigenvalue weighted by molar-refractivity contribution is 0.969. The van der Waals surface area contributed by atoms with Crippen molar-refractivity contribution >= 4 is 11.3 Å². The van der Waals surface area contributed by atoms with E-state index in [1.165, 1.54) is 4.52 Å². The number of aryl methyl sites for hydroxylation is 1. The zero-order valence-corrected chi connectivity index (χ0v) is 11.3. The molecule has 2 heterocycles. The number of nitrogen functional groups attached to an aromatic ring is 1. The van der Waals surface area contributed by atoms with Gasteiger partial charge < -0.3 is 5.73 Å². The monoisotopic (exact) mass is 273 g/mol. The van der Waals surface area contributed by atoms with Crippen LogP contribution in [0.3, 0.4) is 0 Å². The number of nitrogens with zero attached hydrogens (tertiary/aromatic N) is 4. The molecular weight excluding hydrogens is 262 g/mol. The zero-order chi connectivity index (χ0) is 15.0. The molecule has 0 atom stereocenters. The van der Waals surface area contributed by atoms with Gasteiger partial charge in [-0.1, -0.05) is 24.3 Å². The van der Waals surface area contributed by atoms with Gasteiger partial charge in [0.25, 0.3) is 0 Å². The molecule has 3 rings (SSSR count). The first kappa shape index (κ1) is 12.7. The van der Waals surface area contributed by atoms with Crippen molar-refractivity contribution in [3.63, 3.8) is 0 Å². The summed E-state index contributed by atoms with van der Waals surface area (Å²) in [6.07, 6.45) is 1.56. The van der Waals surface area contributed by atoms with Crippen LogP contribution in [-0.4, -0.2) is 9.61 Å². The smallest absolute Gasteiger partial charge is 0.144 e. The van der Waals surface area contributed by atoms with Crippen LogP contribution in [0.15, 0.2) is 36.5 Å². The summed E-state index contributed by atoms with van der Waals surface area (Å²) in [7, 11) is 0. The van der Waals surface area contributed by atoms with E-state index in [0.717, 1.165) is 11.1 Å². The number of pyridine rings is 1. The van der Waals surface area contributed by atoms with Crippen molar-refractivity contribution < 1.29 is 0 Å². The van der Waals surface area contributed by atoms with Gasteiger partial charge in [-0.2, -0.15) is 15.6 Å². The molecule has 0 unspecified atom stereocenters. The van der Waals surface area contributed by atoms with E-state index in [1.807, 2.05) is 31.2 Å². The van der Waals surface area contributed by atoms with Gasteiger partial charge in [0.05, 0.1) is 17.3 Å². The average Bonchev–Trinajstić information content (AvgIpc) is 2.97. The van der Waals surface area contributed by atoms with Crippen LogP contribution in [0.25, 0.3) is 16.6 Å². The summed E-state index contributed by atoms with van der Waals surface area (Å²) in [4.78, 5) is 0. The number of hydrogen-bond donors (Lipinski definition) is 1. The molecule has 5 nitrogen and oxygen atoms in total. The maximum absolute atomic E-state index is 9.56. The molecule has 0 bridgehead atoms. The molecule has 100 valence electrons. The van der Waals surface area contributed by atoms with Crippen LogP contribution in [0.4, 0.5) is 5.82 Å². The van der Waals surface area contributed by atoms with Crippen LogP contribution < -0.4 is 5.73 Å². The molecule has 5 heteroatoms. The van der Waals surface area contributed by atoms with Crippen LogP contribution in [0.2, 0.25) is 0 Å². The number of aromatic nitrogens is 2. The van der Waals surface area contributed by atoms with Gasteiger partial charge in [-0.15, -0.1) is 0 Å². The predicted molar refractivity (Wildman–Crippen MR) is 79.2 cm³/mol. The highest BCUT2D eigenvalue weighted by molar-refractivity contribution is 5.88. The molecule has 0 radical (unpaired) electrons.